The highest BCUT2D eigenvalue weighted by molar-refractivity contribution is 5.77. The van der Waals surface area contributed by atoms with Crippen molar-refractivity contribution >= 4 is 0 Å². The smallest absolute Gasteiger partial charge is 0.232 e. The molecular weight excluding hydrogens is 232 g/mol. The van der Waals surface area contributed by atoms with Crippen molar-refractivity contribution in [2.75, 3.05) is 0 Å². The van der Waals surface area contributed by atoms with Crippen LogP contribution in [0.25, 0.3) is 11.1 Å². The first-order chi connectivity index (χ1) is 8.47. The highest BCUT2D eigenvalue weighted by Gasteiger charge is 2.35. The summed E-state index contributed by atoms with van der Waals surface area (Å²) in [5.74, 6) is -0.973. The first kappa shape index (κ1) is 10.9. The van der Waals surface area contributed by atoms with Crippen LogP contribution in [0.1, 0.15) is 12.5 Å². The van der Waals surface area contributed by atoms with Gasteiger partial charge in [0.15, 0.2) is 0 Å². The van der Waals surface area contributed by atoms with E-state index < -0.39 is 5.79 Å². The highest BCUT2D eigenvalue weighted by Crippen LogP contribution is 2.46. The van der Waals surface area contributed by atoms with E-state index in [0.29, 0.717) is 11.3 Å². The van der Waals surface area contributed by atoms with Crippen LogP contribution < -0.4 is 4.74 Å². The Balaban J connectivity index is 2.31. The molecule has 0 spiro atoms. The molecule has 2 aromatic carbocycles. The number of aliphatic hydroxyl groups is 1. The second-order valence-electron chi connectivity index (χ2n) is 4.50. The minimum Gasteiger partial charge on any atom is -0.508 e. The number of phenols is 2. The molecule has 1 unspecified atom stereocenters. The van der Waals surface area contributed by atoms with Gasteiger partial charge in [-0.2, -0.15) is 0 Å². The van der Waals surface area contributed by atoms with Crippen molar-refractivity contribution in [2.24, 2.45) is 0 Å². The fourth-order valence-electron chi connectivity index (χ4n) is 2.24. The Kier molecular flexibility index (Phi) is 2.06. The van der Waals surface area contributed by atoms with E-state index in [1.807, 2.05) is 0 Å². The van der Waals surface area contributed by atoms with E-state index in [4.69, 9.17) is 4.74 Å². The van der Waals surface area contributed by atoms with Crippen LogP contribution in [-0.4, -0.2) is 15.3 Å². The number of fused-ring (bicyclic) bond motifs is 3. The average molecular weight is 244 g/mol. The number of aromatic hydroxyl groups is 2. The van der Waals surface area contributed by atoms with E-state index >= 15 is 0 Å². The van der Waals surface area contributed by atoms with Crippen LogP contribution >= 0.6 is 0 Å². The van der Waals surface area contributed by atoms with E-state index in [-0.39, 0.29) is 11.5 Å². The molecule has 92 valence electrons. The van der Waals surface area contributed by atoms with Gasteiger partial charge >= 0.3 is 0 Å². The van der Waals surface area contributed by atoms with Gasteiger partial charge in [-0.1, -0.05) is 6.07 Å². The van der Waals surface area contributed by atoms with Gasteiger partial charge in [-0.15, -0.1) is 0 Å². The topological polar surface area (TPSA) is 69.9 Å². The van der Waals surface area contributed by atoms with E-state index in [9.17, 15) is 15.3 Å². The van der Waals surface area contributed by atoms with Gasteiger partial charge in [-0.05, 0) is 29.8 Å². The lowest BCUT2D eigenvalue weighted by molar-refractivity contribution is -0.131. The lowest BCUT2D eigenvalue weighted by Crippen LogP contribution is -2.32. The van der Waals surface area contributed by atoms with Crippen LogP contribution in [0.3, 0.4) is 0 Å². The fraction of sp³-hybridized carbons (Fsp3) is 0.143. The summed E-state index contributed by atoms with van der Waals surface area (Å²) in [5.41, 5.74) is 2.05. The molecule has 3 rings (SSSR count). The summed E-state index contributed by atoms with van der Waals surface area (Å²) in [6.07, 6.45) is 0. The summed E-state index contributed by atoms with van der Waals surface area (Å²) in [6.45, 7) is 1.50. The molecule has 0 bridgehead atoms. The predicted octanol–water partition coefficient (Wildman–Crippen LogP) is 2.32. The number of phenolic OH excluding ortho intramolecular Hbond substituents is 2. The molecule has 0 aromatic heterocycles. The Hall–Kier alpha value is -2.20. The molecule has 1 atom stereocenters. The minimum absolute atomic E-state index is 0.0693. The van der Waals surface area contributed by atoms with Gasteiger partial charge in [-0.3, -0.25) is 0 Å². The van der Waals surface area contributed by atoms with Crippen molar-refractivity contribution in [3.8, 4) is 28.4 Å². The summed E-state index contributed by atoms with van der Waals surface area (Å²) in [5, 5.41) is 29.2. The van der Waals surface area contributed by atoms with Crippen LogP contribution in [0.15, 0.2) is 36.4 Å². The predicted molar refractivity (Wildman–Crippen MR) is 65.4 cm³/mol. The van der Waals surface area contributed by atoms with Crippen molar-refractivity contribution in [1.29, 1.82) is 0 Å². The molecule has 0 saturated heterocycles. The number of hydrogen-bond donors (Lipinski definition) is 3. The summed E-state index contributed by atoms with van der Waals surface area (Å²) in [4.78, 5) is 0. The molecule has 0 radical (unpaired) electrons. The molecule has 1 aliphatic heterocycles. The molecule has 1 heterocycles. The van der Waals surface area contributed by atoms with Gasteiger partial charge in [0.25, 0.3) is 0 Å². The molecule has 4 nitrogen and oxygen atoms in total. The molecule has 2 aromatic rings. The maximum absolute atomic E-state index is 10.3. The van der Waals surface area contributed by atoms with E-state index in [0.717, 1.165) is 11.1 Å². The van der Waals surface area contributed by atoms with Crippen molar-refractivity contribution in [3.63, 3.8) is 0 Å². The van der Waals surface area contributed by atoms with Gasteiger partial charge in [0.1, 0.15) is 17.2 Å². The second-order valence-corrected chi connectivity index (χ2v) is 4.50. The summed E-state index contributed by atoms with van der Waals surface area (Å²) in [7, 11) is 0. The van der Waals surface area contributed by atoms with Gasteiger partial charge in [0.2, 0.25) is 5.79 Å². The van der Waals surface area contributed by atoms with Crippen molar-refractivity contribution in [2.45, 2.75) is 12.7 Å². The van der Waals surface area contributed by atoms with Crippen LogP contribution in [0.2, 0.25) is 0 Å². The lowest BCUT2D eigenvalue weighted by atomic mass is 9.91. The van der Waals surface area contributed by atoms with Crippen LogP contribution in [-0.2, 0) is 5.79 Å². The van der Waals surface area contributed by atoms with E-state index in [1.165, 1.54) is 19.1 Å². The van der Waals surface area contributed by atoms with Crippen LogP contribution in [0.5, 0.6) is 17.2 Å². The molecule has 0 aliphatic carbocycles. The first-order valence-corrected chi connectivity index (χ1v) is 5.56. The number of ether oxygens (including phenoxy) is 1. The van der Waals surface area contributed by atoms with E-state index in [2.05, 4.69) is 0 Å². The fourth-order valence-corrected chi connectivity index (χ4v) is 2.24. The molecule has 4 heteroatoms. The summed E-state index contributed by atoms with van der Waals surface area (Å²) >= 11 is 0. The largest absolute Gasteiger partial charge is 0.508 e. The van der Waals surface area contributed by atoms with Crippen molar-refractivity contribution in [3.05, 3.63) is 42.0 Å². The van der Waals surface area contributed by atoms with Crippen molar-refractivity contribution in [1.82, 2.24) is 0 Å². The third-order valence-electron chi connectivity index (χ3n) is 3.07. The molecule has 0 amide bonds. The third-order valence-corrected chi connectivity index (χ3v) is 3.07. The molecular formula is C14H12O4. The number of hydrogen-bond acceptors (Lipinski definition) is 4. The standard InChI is InChI=1S/C14H12O4/c1-14(17)12-6-8(15)2-4-10(12)11-5-3-9(16)7-13(11)18-14/h2-7,15-17H,1H3. The lowest BCUT2D eigenvalue weighted by Gasteiger charge is -2.33. The molecule has 0 fully saturated rings. The number of benzene rings is 2. The van der Waals surface area contributed by atoms with Crippen LogP contribution in [0, 0.1) is 0 Å². The third kappa shape index (κ3) is 1.50. The Morgan fingerprint density at radius 3 is 2.28 bits per heavy atom. The number of rotatable bonds is 0. The zero-order chi connectivity index (χ0) is 12.9. The normalized spacial score (nSPS) is 20.8. The average Bonchev–Trinajstić information content (AvgIpc) is 2.28. The zero-order valence-corrected chi connectivity index (χ0v) is 9.71. The molecule has 1 aliphatic rings. The van der Waals surface area contributed by atoms with Crippen molar-refractivity contribution < 1.29 is 20.1 Å². The zero-order valence-electron chi connectivity index (χ0n) is 9.71. The molecule has 3 N–H and O–H groups in total. The van der Waals surface area contributed by atoms with Gasteiger partial charge in [0.05, 0.1) is 0 Å². The summed E-state index contributed by atoms with van der Waals surface area (Å²) < 4.78 is 5.47. The Bertz CT molecular complexity index is 632. The van der Waals surface area contributed by atoms with Gasteiger partial charge < -0.3 is 20.1 Å². The Morgan fingerprint density at radius 1 is 0.944 bits per heavy atom. The minimum atomic E-state index is -1.53. The first-order valence-electron chi connectivity index (χ1n) is 5.56. The quantitative estimate of drug-likeness (QED) is 0.665. The Labute approximate surface area is 104 Å². The maximum Gasteiger partial charge on any atom is 0.232 e. The monoisotopic (exact) mass is 244 g/mol. The maximum atomic E-state index is 10.3. The van der Waals surface area contributed by atoms with Gasteiger partial charge in [0, 0.05) is 24.1 Å². The second kappa shape index (κ2) is 3.40. The van der Waals surface area contributed by atoms with E-state index in [1.54, 1.807) is 24.3 Å². The molecule has 0 saturated carbocycles. The highest BCUT2D eigenvalue weighted by atomic mass is 16.6. The SMILES string of the molecule is CC1(O)Oc2cc(O)ccc2-c2ccc(O)cc21. The molecule has 18 heavy (non-hydrogen) atoms. The van der Waals surface area contributed by atoms with Crippen LogP contribution in [0.4, 0.5) is 0 Å². The summed E-state index contributed by atoms with van der Waals surface area (Å²) in [6, 6.07) is 9.48. The Morgan fingerprint density at radius 2 is 1.56 bits per heavy atom. The van der Waals surface area contributed by atoms with Gasteiger partial charge in [-0.25, -0.2) is 0 Å².